The Balaban J connectivity index is 1.97. The second-order valence-corrected chi connectivity index (χ2v) is 5.41. The number of H-pyrrole nitrogens is 1. The Morgan fingerprint density at radius 1 is 1.27 bits per heavy atom. The zero-order valence-electron chi connectivity index (χ0n) is 12.0. The van der Waals surface area contributed by atoms with Crippen molar-refractivity contribution in [2.75, 3.05) is 0 Å². The standard InChI is InChI=1S/C15H16ClN3O3/c1-10(8-11-4-2-3-5-12(11)16)17-14(21)9-19-15(22)7-6-13(20)18-19/h2-7,10H,8-9H2,1H3,(H,17,21)(H,18,20). The molecule has 1 unspecified atom stereocenters. The first-order valence-electron chi connectivity index (χ1n) is 6.78. The Labute approximate surface area is 131 Å². The van der Waals surface area contributed by atoms with Crippen molar-refractivity contribution in [3.05, 3.63) is 67.7 Å². The third kappa shape index (κ3) is 4.33. The van der Waals surface area contributed by atoms with Crippen LogP contribution >= 0.6 is 11.6 Å². The van der Waals surface area contributed by atoms with E-state index < -0.39 is 11.1 Å². The Bertz CT molecular complexity index is 782. The number of rotatable bonds is 5. The topological polar surface area (TPSA) is 84.0 Å². The number of aromatic nitrogens is 2. The minimum absolute atomic E-state index is 0.154. The van der Waals surface area contributed by atoms with Crippen LogP contribution in [0.1, 0.15) is 12.5 Å². The van der Waals surface area contributed by atoms with Gasteiger partial charge in [0.2, 0.25) is 5.91 Å². The van der Waals surface area contributed by atoms with Crippen molar-refractivity contribution in [3.63, 3.8) is 0 Å². The summed E-state index contributed by atoms with van der Waals surface area (Å²) >= 11 is 6.07. The molecule has 0 saturated heterocycles. The summed E-state index contributed by atoms with van der Waals surface area (Å²) in [6, 6.07) is 9.50. The van der Waals surface area contributed by atoms with Gasteiger partial charge in [-0.15, -0.1) is 0 Å². The van der Waals surface area contributed by atoms with Crippen molar-refractivity contribution in [3.8, 4) is 0 Å². The number of benzene rings is 1. The second kappa shape index (κ2) is 7.09. The summed E-state index contributed by atoms with van der Waals surface area (Å²) in [5.74, 6) is -0.358. The van der Waals surface area contributed by atoms with Crippen molar-refractivity contribution in [2.45, 2.75) is 25.9 Å². The highest BCUT2D eigenvalue weighted by Gasteiger charge is 2.11. The lowest BCUT2D eigenvalue weighted by Gasteiger charge is -2.15. The van der Waals surface area contributed by atoms with E-state index in [4.69, 9.17) is 11.6 Å². The maximum absolute atomic E-state index is 11.9. The van der Waals surface area contributed by atoms with Crippen LogP contribution in [0.15, 0.2) is 46.0 Å². The summed E-state index contributed by atoms with van der Waals surface area (Å²) in [4.78, 5) is 34.6. The summed E-state index contributed by atoms with van der Waals surface area (Å²) in [5, 5.41) is 5.72. The number of nitrogens with zero attached hydrogens (tertiary/aromatic N) is 1. The highest BCUT2D eigenvalue weighted by atomic mass is 35.5. The molecule has 0 fully saturated rings. The molecule has 2 N–H and O–H groups in total. The van der Waals surface area contributed by atoms with Gasteiger partial charge in [-0.1, -0.05) is 29.8 Å². The molecule has 1 aromatic carbocycles. The molecule has 1 atom stereocenters. The molecule has 116 valence electrons. The predicted molar refractivity (Wildman–Crippen MR) is 84.1 cm³/mol. The Kier molecular flexibility index (Phi) is 5.16. The van der Waals surface area contributed by atoms with Crippen molar-refractivity contribution in [1.29, 1.82) is 0 Å². The van der Waals surface area contributed by atoms with E-state index in [0.29, 0.717) is 11.4 Å². The minimum atomic E-state index is -0.437. The van der Waals surface area contributed by atoms with Crippen LogP contribution in [0.5, 0.6) is 0 Å². The van der Waals surface area contributed by atoms with E-state index >= 15 is 0 Å². The SMILES string of the molecule is CC(Cc1ccccc1Cl)NC(=O)Cn1[nH]c(=O)ccc1=O. The lowest BCUT2D eigenvalue weighted by Crippen LogP contribution is -2.40. The molecule has 22 heavy (non-hydrogen) atoms. The van der Waals surface area contributed by atoms with Crippen LogP contribution in [0.2, 0.25) is 5.02 Å². The maximum atomic E-state index is 11.9. The summed E-state index contributed by atoms with van der Waals surface area (Å²) in [6.45, 7) is 1.61. The molecule has 2 aromatic rings. The Hall–Kier alpha value is -2.34. The van der Waals surface area contributed by atoms with Crippen molar-refractivity contribution < 1.29 is 4.79 Å². The number of carbonyl (C=O) groups excluding carboxylic acids is 1. The van der Waals surface area contributed by atoms with Crippen LogP contribution in [0.4, 0.5) is 0 Å². The molecule has 1 amide bonds. The fourth-order valence-electron chi connectivity index (χ4n) is 2.09. The van der Waals surface area contributed by atoms with E-state index in [0.717, 1.165) is 22.4 Å². The summed E-state index contributed by atoms with van der Waals surface area (Å²) < 4.78 is 0.972. The highest BCUT2D eigenvalue weighted by molar-refractivity contribution is 6.31. The first kappa shape index (κ1) is 16.0. The molecule has 0 saturated carbocycles. The first-order valence-corrected chi connectivity index (χ1v) is 7.16. The van der Waals surface area contributed by atoms with E-state index in [-0.39, 0.29) is 18.5 Å². The van der Waals surface area contributed by atoms with Crippen molar-refractivity contribution in [2.24, 2.45) is 0 Å². The van der Waals surface area contributed by atoms with Gasteiger partial charge in [0.15, 0.2) is 0 Å². The quantitative estimate of drug-likeness (QED) is 0.859. The summed E-state index contributed by atoms with van der Waals surface area (Å²) in [5.41, 5.74) is 0.0623. The van der Waals surface area contributed by atoms with Crippen molar-refractivity contribution in [1.82, 2.24) is 15.1 Å². The minimum Gasteiger partial charge on any atom is -0.352 e. The van der Waals surface area contributed by atoms with E-state index in [1.54, 1.807) is 6.07 Å². The molecule has 0 aliphatic heterocycles. The molecule has 2 rings (SSSR count). The van der Waals surface area contributed by atoms with Crippen LogP contribution in [-0.2, 0) is 17.8 Å². The van der Waals surface area contributed by atoms with Gasteiger partial charge in [0.05, 0.1) is 0 Å². The lowest BCUT2D eigenvalue weighted by atomic mass is 10.1. The fourth-order valence-corrected chi connectivity index (χ4v) is 2.30. The van der Waals surface area contributed by atoms with Crippen LogP contribution in [0.3, 0.4) is 0 Å². The first-order chi connectivity index (χ1) is 10.5. The zero-order chi connectivity index (χ0) is 16.1. The molecule has 0 radical (unpaired) electrons. The third-order valence-electron chi connectivity index (χ3n) is 3.08. The van der Waals surface area contributed by atoms with E-state index in [9.17, 15) is 14.4 Å². The largest absolute Gasteiger partial charge is 0.352 e. The molecule has 1 aromatic heterocycles. The molecule has 7 heteroatoms. The summed E-state index contributed by atoms with van der Waals surface area (Å²) in [7, 11) is 0. The highest BCUT2D eigenvalue weighted by Crippen LogP contribution is 2.16. The normalized spacial score (nSPS) is 11.9. The molecule has 0 bridgehead atoms. The number of nitrogens with one attached hydrogen (secondary N) is 2. The van der Waals surface area contributed by atoms with Crippen LogP contribution in [-0.4, -0.2) is 21.7 Å². The fraction of sp³-hybridized carbons (Fsp3) is 0.267. The van der Waals surface area contributed by atoms with Gasteiger partial charge in [0.1, 0.15) is 6.54 Å². The average molecular weight is 322 g/mol. The van der Waals surface area contributed by atoms with Crippen LogP contribution < -0.4 is 16.4 Å². The number of amides is 1. The van der Waals surface area contributed by atoms with Crippen molar-refractivity contribution >= 4 is 17.5 Å². The molecule has 0 aliphatic rings. The van der Waals surface area contributed by atoms with Crippen LogP contribution in [0, 0.1) is 0 Å². The average Bonchev–Trinajstić information content (AvgIpc) is 2.45. The monoisotopic (exact) mass is 321 g/mol. The van der Waals surface area contributed by atoms with Gasteiger partial charge in [-0.2, -0.15) is 0 Å². The zero-order valence-corrected chi connectivity index (χ0v) is 12.8. The lowest BCUT2D eigenvalue weighted by molar-refractivity contribution is -0.122. The van der Waals surface area contributed by atoms with Gasteiger partial charge in [-0.25, -0.2) is 4.68 Å². The molecule has 0 spiro atoms. The third-order valence-corrected chi connectivity index (χ3v) is 3.45. The van der Waals surface area contributed by atoms with Crippen LogP contribution in [0.25, 0.3) is 0 Å². The van der Waals surface area contributed by atoms with Gasteiger partial charge in [-0.3, -0.25) is 19.5 Å². The number of carbonyl (C=O) groups is 1. The van der Waals surface area contributed by atoms with Gasteiger partial charge in [0.25, 0.3) is 11.1 Å². The van der Waals surface area contributed by atoms with E-state index in [1.165, 1.54) is 0 Å². The van der Waals surface area contributed by atoms with Gasteiger partial charge < -0.3 is 5.32 Å². The number of halogens is 1. The predicted octanol–water partition coefficient (Wildman–Crippen LogP) is 0.937. The van der Waals surface area contributed by atoms with E-state index in [2.05, 4.69) is 10.4 Å². The Morgan fingerprint density at radius 3 is 2.73 bits per heavy atom. The van der Waals surface area contributed by atoms with Gasteiger partial charge in [0, 0.05) is 23.2 Å². The maximum Gasteiger partial charge on any atom is 0.265 e. The molecular weight excluding hydrogens is 306 g/mol. The molecular formula is C15H16ClN3O3. The van der Waals surface area contributed by atoms with E-state index in [1.807, 2.05) is 25.1 Å². The smallest absolute Gasteiger partial charge is 0.265 e. The summed E-state index contributed by atoms with van der Waals surface area (Å²) in [6.07, 6.45) is 0.575. The number of hydrogen-bond acceptors (Lipinski definition) is 3. The molecule has 6 nitrogen and oxygen atoms in total. The number of aromatic amines is 1. The Morgan fingerprint density at radius 2 is 2.00 bits per heavy atom. The van der Waals surface area contributed by atoms with Gasteiger partial charge in [-0.05, 0) is 25.0 Å². The molecule has 1 heterocycles. The second-order valence-electron chi connectivity index (χ2n) is 5.00. The number of hydrogen-bond donors (Lipinski definition) is 2. The van der Waals surface area contributed by atoms with Gasteiger partial charge >= 0.3 is 0 Å². The molecule has 0 aliphatic carbocycles.